The van der Waals surface area contributed by atoms with Crippen LogP contribution in [0.4, 0.5) is 0 Å². The zero-order valence-electron chi connectivity index (χ0n) is 9.64. The molecule has 0 atom stereocenters. The van der Waals surface area contributed by atoms with Crippen molar-refractivity contribution in [2.45, 2.75) is 0 Å². The van der Waals surface area contributed by atoms with Crippen LogP contribution in [0, 0.1) is 0 Å². The fourth-order valence-electron chi connectivity index (χ4n) is 1.58. The molecule has 0 aliphatic heterocycles. The van der Waals surface area contributed by atoms with E-state index in [4.69, 9.17) is 9.15 Å². The van der Waals surface area contributed by atoms with E-state index < -0.39 is 0 Å². The van der Waals surface area contributed by atoms with Crippen molar-refractivity contribution in [2.75, 3.05) is 25.2 Å². The van der Waals surface area contributed by atoms with Crippen molar-refractivity contribution in [3.8, 4) is 0 Å². The van der Waals surface area contributed by atoms with E-state index >= 15 is 0 Å². The average molecular weight is 250 g/mol. The SMILES string of the molecule is COCCSCC(=O)c1coc2ccccc12. The summed E-state index contributed by atoms with van der Waals surface area (Å²) in [6, 6.07) is 7.58. The highest BCUT2D eigenvalue weighted by molar-refractivity contribution is 8.00. The molecule has 2 rings (SSSR count). The molecule has 4 heteroatoms. The quantitative estimate of drug-likeness (QED) is 0.583. The second-order valence-electron chi connectivity index (χ2n) is 3.61. The molecule has 3 nitrogen and oxygen atoms in total. The minimum absolute atomic E-state index is 0.107. The molecule has 0 bridgehead atoms. The summed E-state index contributed by atoms with van der Waals surface area (Å²) in [6.07, 6.45) is 1.55. The van der Waals surface area contributed by atoms with Gasteiger partial charge < -0.3 is 9.15 Å². The van der Waals surface area contributed by atoms with Gasteiger partial charge in [0.1, 0.15) is 11.8 Å². The fourth-order valence-corrected chi connectivity index (χ4v) is 2.35. The van der Waals surface area contributed by atoms with Crippen molar-refractivity contribution in [3.05, 3.63) is 36.1 Å². The first-order valence-electron chi connectivity index (χ1n) is 5.39. The minimum Gasteiger partial charge on any atom is -0.464 e. The maximum atomic E-state index is 12.0. The van der Waals surface area contributed by atoms with Crippen LogP contribution in [0.2, 0.25) is 0 Å². The van der Waals surface area contributed by atoms with E-state index in [0.717, 1.165) is 16.7 Å². The molecule has 0 unspecified atom stereocenters. The largest absolute Gasteiger partial charge is 0.464 e. The summed E-state index contributed by atoms with van der Waals surface area (Å²) >= 11 is 1.58. The van der Waals surface area contributed by atoms with E-state index in [2.05, 4.69) is 0 Å². The number of ether oxygens (including phenoxy) is 1. The maximum Gasteiger partial charge on any atom is 0.176 e. The van der Waals surface area contributed by atoms with Gasteiger partial charge in [0, 0.05) is 18.2 Å². The van der Waals surface area contributed by atoms with Gasteiger partial charge in [-0.15, -0.1) is 0 Å². The lowest BCUT2D eigenvalue weighted by atomic mass is 10.1. The van der Waals surface area contributed by atoms with Crippen molar-refractivity contribution < 1.29 is 13.9 Å². The molecule has 17 heavy (non-hydrogen) atoms. The van der Waals surface area contributed by atoms with E-state index in [0.29, 0.717) is 17.9 Å². The van der Waals surface area contributed by atoms with Crippen LogP contribution < -0.4 is 0 Å². The van der Waals surface area contributed by atoms with Gasteiger partial charge in [0.15, 0.2) is 5.78 Å². The van der Waals surface area contributed by atoms with Crippen molar-refractivity contribution >= 4 is 28.5 Å². The zero-order valence-corrected chi connectivity index (χ0v) is 10.5. The Morgan fingerprint density at radius 3 is 3.06 bits per heavy atom. The van der Waals surface area contributed by atoms with E-state index in [1.807, 2.05) is 24.3 Å². The zero-order chi connectivity index (χ0) is 12.1. The van der Waals surface area contributed by atoms with Gasteiger partial charge in [-0.2, -0.15) is 11.8 Å². The van der Waals surface area contributed by atoms with Crippen molar-refractivity contribution in [1.29, 1.82) is 0 Å². The Labute approximate surface area is 104 Å². The van der Waals surface area contributed by atoms with Gasteiger partial charge in [-0.3, -0.25) is 4.79 Å². The smallest absolute Gasteiger partial charge is 0.176 e. The van der Waals surface area contributed by atoms with Crippen LogP contribution in [0.25, 0.3) is 11.0 Å². The Morgan fingerprint density at radius 2 is 2.24 bits per heavy atom. The third-order valence-electron chi connectivity index (χ3n) is 2.45. The molecule has 1 heterocycles. The number of carbonyl (C=O) groups excluding carboxylic acids is 1. The summed E-state index contributed by atoms with van der Waals surface area (Å²) in [6.45, 7) is 0.671. The van der Waals surface area contributed by atoms with Gasteiger partial charge in [0.2, 0.25) is 0 Å². The Morgan fingerprint density at radius 1 is 1.41 bits per heavy atom. The van der Waals surface area contributed by atoms with Crippen LogP contribution in [-0.4, -0.2) is 31.0 Å². The van der Waals surface area contributed by atoms with Gasteiger partial charge >= 0.3 is 0 Å². The highest BCUT2D eigenvalue weighted by Crippen LogP contribution is 2.22. The van der Waals surface area contributed by atoms with Crippen LogP contribution in [0.1, 0.15) is 10.4 Å². The van der Waals surface area contributed by atoms with Gasteiger partial charge in [-0.1, -0.05) is 18.2 Å². The number of methoxy groups -OCH3 is 1. The Bertz CT molecular complexity index is 504. The van der Waals surface area contributed by atoms with Crippen molar-refractivity contribution in [2.24, 2.45) is 0 Å². The number of Topliss-reactive ketones (excluding diaryl/α,β-unsaturated/α-hetero) is 1. The number of ketones is 1. The van der Waals surface area contributed by atoms with E-state index in [1.54, 1.807) is 25.1 Å². The molecule has 0 saturated heterocycles. The van der Waals surface area contributed by atoms with Gasteiger partial charge in [-0.05, 0) is 6.07 Å². The fraction of sp³-hybridized carbons (Fsp3) is 0.308. The lowest BCUT2D eigenvalue weighted by Gasteiger charge is -1.99. The molecule has 1 aromatic heterocycles. The molecular weight excluding hydrogens is 236 g/mol. The van der Waals surface area contributed by atoms with E-state index in [-0.39, 0.29) is 5.78 Å². The number of benzene rings is 1. The van der Waals surface area contributed by atoms with Crippen molar-refractivity contribution in [3.63, 3.8) is 0 Å². The number of thioether (sulfide) groups is 1. The maximum absolute atomic E-state index is 12.0. The second-order valence-corrected chi connectivity index (χ2v) is 4.72. The number of fused-ring (bicyclic) bond motifs is 1. The molecule has 1 aromatic carbocycles. The summed E-state index contributed by atoms with van der Waals surface area (Å²) in [5.41, 5.74) is 1.43. The summed E-state index contributed by atoms with van der Waals surface area (Å²) in [4.78, 5) is 12.0. The molecule has 0 aliphatic rings. The molecule has 0 spiro atoms. The van der Waals surface area contributed by atoms with Crippen LogP contribution in [-0.2, 0) is 4.74 Å². The predicted octanol–water partition coefficient (Wildman–Crippen LogP) is 3.00. The molecule has 90 valence electrons. The first kappa shape index (κ1) is 12.2. The lowest BCUT2D eigenvalue weighted by molar-refractivity contribution is 0.102. The summed E-state index contributed by atoms with van der Waals surface area (Å²) in [7, 11) is 1.66. The third kappa shape index (κ3) is 2.90. The molecule has 0 radical (unpaired) electrons. The average Bonchev–Trinajstić information content (AvgIpc) is 2.78. The van der Waals surface area contributed by atoms with Crippen LogP contribution >= 0.6 is 11.8 Å². The highest BCUT2D eigenvalue weighted by Gasteiger charge is 2.12. The topological polar surface area (TPSA) is 39.4 Å². The normalized spacial score (nSPS) is 10.9. The standard InChI is InChI=1S/C13H14O3S/c1-15-6-7-17-9-12(14)11-8-16-13-5-3-2-4-10(11)13/h2-5,8H,6-7,9H2,1H3. The molecular formula is C13H14O3S. The first-order valence-corrected chi connectivity index (χ1v) is 6.54. The van der Waals surface area contributed by atoms with Gasteiger partial charge in [-0.25, -0.2) is 0 Å². The monoisotopic (exact) mass is 250 g/mol. The van der Waals surface area contributed by atoms with E-state index in [9.17, 15) is 4.79 Å². The number of furan rings is 1. The molecule has 0 amide bonds. The number of rotatable bonds is 6. The van der Waals surface area contributed by atoms with Crippen LogP contribution in [0.3, 0.4) is 0 Å². The molecule has 0 aliphatic carbocycles. The number of hydrogen-bond donors (Lipinski definition) is 0. The predicted molar refractivity (Wildman–Crippen MR) is 69.7 cm³/mol. The third-order valence-corrected chi connectivity index (χ3v) is 3.37. The van der Waals surface area contributed by atoms with Gasteiger partial charge in [0.05, 0.1) is 17.9 Å². The molecule has 0 fully saturated rings. The Kier molecular flexibility index (Phi) is 4.23. The number of para-hydroxylation sites is 1. The highest BCUT2D eigenvalue weighted by atomic mass is 32.2. The van der Waals surface area contributed by atoms with Crippen molar-refractivity contribution in [1.82, 2.24) is 0 Å². The number of carbonyl (C=O) groups is 1. The number of hydrogen-bond acceptors (Lipinski definition) is 4. The lowest BCUT2D eigenvalue weighted by Crippen LogP contribution is -2.03. The van der Waals surface area contributed by atoms with Crippen LogP contribution in [0.15, 0.2) is 34.9 Å². The Balaban J connectivity index is 2.04. The Hall–Kier alpha value is -1.26. The van der Waals surface area contributed by atoms with Crippen LogP contribution in [0.5, 0.6) is 0 Å². The molecule has 2 aromatic rings. The second kappa shape index (κ2) is 5.89. The molecule has 0 saturated carbocycles. The minimum atomic E-state index is 0.107. The van der Waals surface area contributed by atoms with E-state index in [1.165, 1.54) is 0 Å². The molecule has 0 N–H and O–H groups in total. The summed E-state index contributed by atoms with van der Waals surface area (Å²) < 4.78 is 10.3. The van der Waals surface area contributed by atoms with Gasteiger partial charge in [0.25, 0.3) is 0 Å². The first-order chi connectivity index (χ1) is 8.33. The summed E-state index contributed by atoms with van der Waals surface area (Å²) in [5.74, 6) is 1.40. The summed E-state index contributed by atoms with van der Waals surface area (Å²) in [5, 5.41) is 0.893.